The number of amides is 2. The van der Waals surface area contributed by atoms with Gasteiger partial charge in [-0.25, -0.2) is 14.8 Å². The van der Waals surface area contributed by atoms with Crippen LogP contribution in [0.25, 0.3) is 0 Å². The molecule has 0 atom stereocenters. The Hall–Kier alpha value is -3.07. The zero-order valence-corrected chi connectivity index (χ0v) is 16.2. The summed E-state index contributed by atoms with van der Waals surface area (Å²) in [5.41, 5.74) is 1.68. The summed E-state index contributed by atoms with van der Waals surface area (Å²) in [6.45, 7) is 5.98. The van der Waals surface area contributed by atoms with Crippen LogP contribution >= 0.6 is 0 Å². The molecule has 1 aliphatic heterocycles. The van der Waals surface area contributed by atoms with E-state index in [4.69, 9.17) is 9.47 Å². The largest absolute Gasteiger partial charge is 0.497 e. The molecule has 0 unspecified atom stereocenters. The third-order valence-corrected chi connectivity index (χ3v) is 4.39. The molecule has 0 radical (unpaired) electrons. The van der Waals surface area contributed by atoms with Gasteiger partial charge in [0.25, 0.3) is 0 Å². The Morgan fingerprint density at radius 2 is 2.04 bits per heavy atom. The first-order chi connectivity index (χ1) is 13.7. The number of benzene rings is 1. The maximum absolute atomic E-state index is 12.1. The third-order valence-electron chi connectivity index (χ3n) is 4.39. The lowest BCUT2D eigenvalue weighted by atomic mass is 10.2. The van der Waals surface area contributed by atoms with Crippen LogP contribution in [0.4, 0.5) is 22.1 Å². The molecular weight excluding hydrogens is 360 g/mol. The van der Waals surface area contributed by atoms with Crippen molar-refractivity contribution in [3.63, 3.8) is 0 Å². The fourth-order valence-corrected chi connectivity index (χ4v) is 2.85. The molecule has 9 nitrogen and oxygen atoms in total. The van der Waals surface area contributed by atoms with Crippen LogP contribution in [0.5, 0.6) is 5.75 Å². The molecule has 3 N–H and O–H groups in total. The Morgan fingerprint density at radius 1 is 1.21 bits per heavy atom. The second kappa shape index (κ2) is 9.75. The molecule has 1 aromatic carbocycles. The van der Waals surface area contributed by atoms with Crippen LogP contribution in [0.15, 0.2) is 30.6 Å². The number of carbonyl (C=O) groups excluding carboxylic acids is 1. The number of aromatic nitrogens is 2. The van der Waals surface area contributed by atoms with Crippen molar-refractivity contribution in [3.8, 4) is 5.75 Å². The maximum atomic E-state index is 12.1. The predicted molar refractivity (Wildman–Crippen MR) is 108 cm³/mol. The third kappa shape index (κ3) is 5.46. The van der Waals surface area contributed by atoms with Crippen LogP contribution in [-0.2, 0) is 4.74 Å². The Bertz CT molecular complexity index is 795. The smallest absolute Gasteiger partial charge is 0.319 e. The monoisotopic (exact) mass is 386 g/mol. The zero-order chi connectivity index (χ0) is 19.8. The number of nitrogens with one attached hydrogen (secondary N) is 3. The summed E-state index contributed by atoms with van der Waals surface area (Å²) in [7, 11) is 1.61. The lowest BCUT2D eigenvalue weighted by Crippen LogP contribution is -2.36. The Kier molecular flexibility index (Phi) is 6.85. The lowest BCUT2D eigenvalue weighted by Gasteiger charge is -2.27. The number of ether oxygens (including phenoxy) is 2. The number of nitrogens with zero attached hydrogens (tertiary/aromatic N) is 3. The number of carbonyl (C=O) groups is 1. The van der Waals surface area contributed by atoms with Gasteiger partial charge in [-0.1, -0.05) is 0 Å². The van der Waals surface area contributed by atoms with Gasteiger partial charge in [0, 0.05) is 37.9 Å². The summed E-state index contributed by atoms with van der Waals surface area (Å²) in [6, 6.07) is 7.15. The molecule has 0 bridgehead atoms. The normalized spacial score (nSPS) is 13.7. The molecule has 1 fully saturated rings. The van der Waals surface area contributed by atoms with Gasteiger partial charge in [-0.05, 0) is 30.7 Å². The first-order valence-corrected chi connectivity index (χ1v) is 9.24. The minimum absolute atomic E-state index is 0.258. The van der Waals surface area contributed by atoms with E-state index < -0.39 is 0 Å². The summed E-state index contributed by atoms with van der Waals surface area (Å²) in [5.74, 6) is 2.36. The predicted octanol–water partition coefficient (Wildman–Crippen LogP) is 1.86. The second-order valence-corrected chi connectivity index (χ2v) is 6.35. The molecule has 0 spiro atoms. The second-order valence-electron chi connectivity index (χ2n) is 6.35. The number of hydrogen-bond donors (Lipinski definition) is 3. The van der Waals surface area contributed by atoms with Crippen molar-refractivity contribution < 1.29 is 14.3 Å². The van der Waals surface area contributed by atoms with Gasteiger partial charge in [0.15, 0.2) is 0 Å². The number of aryl methyl sites for hydroxylation is 1. The highest BCUT2D eigenvalue weighted by Crippen LogP contribution is 2.20. The fraction of sp³-hybridized carbons (Fsp3) is 0.421. The topological polar surface area (TPSA) is 101 Å². The Labute approximate surface area is 164 Å². The molecule has 2 aromatic rings. The molecule has 9 heteroatoms. The number of urea groups is 1. The van der Waals surface area contributed by atoms with Gasteiger partial charge in [0.2, 0.25) is 0 Å². The van der Waals surface area contributed by atoms with E-state index in [0.717, 1.165) is 41.7 Å². The number of anilines is 3. The van der Waals surface area contributed by atoms with E-state index in [1.165, 1.54) is 0 Å². The van der Waals surface area contributed by atoms with Crippen LogP contribution in [-0.4, -0.2) is 62.5 Å². The minimum Gasteiger partial charge on any atom is -0.497 e. The molecule has 0 saturated carbocycles. The van der Waals surface area contributed by atoms with Crippen molar-refractivity contribution in [2.75, 3.05) is 62.0 Å². The van der Waals surface area contributed by atoms with Crippen LogP contribution < -0.4 is 25.6 Å². The van der Waals surface area contributed by atoms with Crippen LogP contribution in [0.1, 0.15) is 5.56 Å². The van der Waals surface area contributed by atoms with Gasteiger partial charge >= 0.3 is 6.03 Å². The average Bonchev–Trinajstić information content (AvgIpc) is 2.73. The molecule has 1 saturated heterocycles. The molecular formula is C19H26N6O3. The molecule has 3 rings (SSSR count). The Morgan fingerprint density at radius 3 is 2.79 bits per heavy atom. The molecule has 1 aromatic heterocycles. The van der Waals surface area contributed by atoms with E-state index >= 15 is 0 Å². The van der Waals surface area contributed by atoms with Gasteiger partial charge in [-0.15, -0.1) is 0 Å². The standard InChI is InChI=1S/C19H26N6O3/c1-14-11-15(27-2)3-4-16(14)24-19(26)21-6-5-20-17-12-18(23-13-22-17)25-7-9-28-10-8-25/h3-4,11-13H,5-10H2,1-2H3,(H,20,22,23)(H2,21,24,26). The summed E-state index contributed by atoms with van der Waals surface area (Å²) >= 11 is 0. The number of hydrogen-bond acceptors (Lipinski definition) is 7. The summed E-state index contributed by atoms with van der Waals surface area (Å²) < 4.78 is 10.5. The summed E-state index contributed by atoms with van der Waals surface area (Å²) in [5, 5.41) is 8.86. The van der Waals surface area contributed by atoms with Crippen molar-refractivity contribution in [2.24, 2.45) is 0 Å². The molecule has 0 aliphatic carbocycles. The van der Waals surface area contributed by atoms with Crippen molar-refractivity contribution in [1.82, 2.24) is 15.3 Å². The van der Waals surface area contributed by atoms with E-state index in [1.54, 1.807) is 13.4 Å². The van der Waals surface area contributed by atoms with Crippen LogP contribution in [0.2, 0.25) is 0 Å². The zero-order valence-electron chi connectivity index (χ0n) is 16.2. The highest BCUT2D eigenvalue weighted by molar-refractivity contribution is 5.90. The molecule has 150 valence electrons. The fourth-order valence-electron chi connectivity index (χ4n) is 2.85. The number of methoxy groups -OCH3 is 1. The van der Waals surface area contributed by atoms with Crippen LogP contribution in [0, 0.1) is 6.92 Å². The van der Waals surface area contributed by atoms with Crippen molar-refractivity contribution in [3.05, 3.63) is 36.2 Å². The average molecular weight is 386 g/mol. The number of morpholine rings is 1. The SMILES string of the molecule is COc1ccc(NC(=O)NCCNc2cc(N3CCOCC3)ncn2)c(C)c1. The van der Waals surface area contributed by atoms with Crippen molar-refractivity contribution in [2.45, 2.75) is 6.92 Å². The first kappa shape index (κ1) is 19.7. The van der Waals surface area contributed by atoms with E-state index in [2.05, 4.69) is 30.8 Å². The van der Waals surface area contributed by atoms with Crippen LogP contribution in [0.3, 0.4) is 0 Å². The summed E-state index contributed by atoms with van der Waals surface area (Å²) in [4.78, 5) is 22.8. The molecule has 28 heavy (non-hydrogen) atoms. The lowest BCUT2D eigenvalue weighted by molar-refractivity contribution is 0.122. The van der Waals surface area contributed by atoms with Gasteiger partial charge in [0.05, 0.1) is 20.3 Å². The van der Waals surface area contributed by atoms with E-state index in [0.29, 0.717) is 26.3 Å². The minimum atomic E-state index is -0.258. The van der Waals surface area contributed by atoms with E-state index in [1.807, 2.05) is 31.2 Å². The molecule has 2 amide bonds. The molecule has 1 aliphatic rings. The van der Waals surface area contributed by atoms with E-state index in [-0.39, 0.29) is 6.03 Å². The highest BCUT2D eigenvalue weighted by atomic mass is 16.5. The summed E-state index contributed by atoms with van der Waals surface area (Å²) in [6.07, 6.45) is 1.54. The first-order valence-electron chi connectivity index (χ1n) is 9.24. The molecule has 2 heterocycles. The van der Waals surface area contributed by atoms with Gasteiger partial charge in [-0.3, -0.25) is 0 Å². The Balaban J connectivity index is 1.42. The van der Waals surface area contributed by atoms with Crippen molar-refractivity contribution in [1.29, 1.82) is 0 Å². The number of rotatable bonds is 7. The van der Waals surface area contributed by atoms with E-state index in [9.17, 15) is 4.79 Å². The van der Waals surface area contributed by atoms with Crippen molar-refractivity contribution >= 4 is 23.4 Å². The highest BCUT2D eigenvalue weighted by Gasteiger charge is 2.13. The van der Waals surface area contributed by atoms with Gasteiger partial charge < -0.3 is 30.3 Å². The maximum Gasteiger partial charge on any atom is 0.319 e. The van der Waals surface area contributed by atoms with Gasteiger partial charge in [0.1, 0.15) is 23.7 Å². The quantitative estimate of drug-likeness (QED) is 0.625. The van der Waals surface area contributed by atoms with Gasteiger partial charge in [-0.2, -0.15) is 0 Å².